The number of nitrogens with one attached hydrogen (secondary N) is 2. The average molecular weight is 356 g/mol. The first-order valence-corrected chi connectivity index (χ1v) is 8.11. The zero-order valence-electron chi connectivity index (χ0n) is 14.0. The predicted octanol–water partition coefficient (Wildman–Crippen LogP) is 4.20. The van der Waals surface area contributed by atoms with Gasteiger partial charge in [-0.3, -0.25) is 0 Å². The Morgan fingerprint density at radius 3 is 2.64 bits per heavy atom. The number of hydrogen-bond acceptors (Lipinski definition) is 6. The van der Waals surface area contributed by atoms with Crippen LogP contribution in [0.4, 0.5) is 17.5 Å². The second-order valence-electron chi connectivity index (χ2n) is 5.45. The predicted molar refractivity (Wildman–Crippen MR) is 99.6 cm³/mol. The highest BCUT2D eigenvalue weighted by Gasteiger charge is 2.04. The number of halogens is 1. The number of nitrogens with zero attached hydrogens (tertiary/aromatic N) is 3. The van der Waals surface area contributed by atoms with Crippen LogP contribution in [0.1, 0.15) is 11.1 Å². The minimum atomic E-state index is 0.451. The Kier molecular flexibility index (Phi) is 5.30. The standard InChI is InChI=1S/C18H18ClN5O/c1-12-9-14(19)5-8-16(12)22-17-11-21-24-18(23-17)20-10-13-3-6-15(25-2)7-4-13/h3-9,11H,10H2,1-2H3,(H2,20,22,23,24). The van der Waals surface area contributed by atoms with Gasteiger partial charge < -0.3 is 15.4 Å². The lowest BCUT2D eigenvalue weighted by atomic mass is 10.2. The monoisotopic (exact) mass is 355 g/mol. The highest BCUT2D eigenvalue weighted by atomic mass is 35.5. The molecule has 3 rings (SSSR count). The van der Waals surface area contributed by atoms with Gasteiger partial charge in [-0.1, -0.05) is 23.7 Å². The smallest absolute Gasteiger partial charge is 0.244 e. The molecule has 7 heteroatoms. The molecule has 0 bridgehead atoms. The van der Waals surface area contributed by atoms with Crippen LogP contribution in [0.5, 0.6) is 5.75 Å². The molecule has 0 spiro atoms. The Balaban J connectivity index is 1.66. The zero-order valence-corrected chi connectivity index (χ0v) is 14.7. The lowest BCUT2D eigenvalue weighted by Crippen LogP contribution is -2.06. The maximum atomic E-state index is 5.98. The SMILES string of the molecule is COc1ccc(CNc2nncc(Nc3ccc(Cl)cc3C)n2)cc1. The van der Waals surface area contributed by atoms with Gasteiger partial charge in [-0.15, -0.1) is 5.10 Å². The van der Waals surface area contributed by atoms with Gasteiger partial charge >= 0.3 is 0 Å². The van der Waals surface area contributed by atoms with Crippen molar-refractivity contribution in [1.82, 2.24) is 15.2 Å². The van der Waals surface area contributed by atoms with Crippen molar-refractivity contribution in [1.29, 1.82) is 0 Å². The first-order valence-electron chi connectivity index (χ1n) is 7.74. The molecule has 0 saturated heterocycles. The summed E-state index contributed by atoms with van der Waals surface area (Å²) in [7, 11) is 1.65. The van der Waals surface area contributed by atoms with Crippen LogP contribution >= 0.6 is 11.6 Å². The summed E-state index contributed by atoms with van der Waals surface area (Å²) >= 11 is 5.98. The fraction of sp³-hybridized carbons (Fsp3) is 0.167. The molecule has 1 heterocycles. The first kappa shape index (κ1) is 17.0. The molecular formula is C18H18ClN5O. The third-order valence-electron chi connectivity index (χ3n) is 3.62. The zero-order chi connectivity index (χ0) is 17.6. The van der Waals surface area contributed by atoms with E-state index < -0.39 is 0 Å². The van der Waals surface area contributed by atoms with Crippen molar-refractivity contribution in [2.45, 2.75) is 13.5 Å². The van der Waals surface area contributed by atoms with E-state index in [2.05, 4.69) is 25.8 Å². The van der Waals surface area contributed by atoms with Gasteiger partial charge in [0.05, 0.1) is 13.3 Å². The van der Waals surface area contributed by atoms with Gasteiger partial charge in [0, 0.05) is 17.3 Å². The first-order chi connectivity index (χ1) is 12.1. The number of ether oxygens (including phenoxy) is 1. The lowest BCUT2D eigenvalue weighted by molar-refractivity contribution is 0.414. The summed E-state index contributed by atoms with van der Waals surface area (Å²) in [6.45, 7) is 2.57. The van der Waals surface area contributed by atoms with Crippen LogP contribution in [-0.2, 0) is 6.54 Å². The molecule has 0 unspecified atom stereocenters. The van der Waals surface area contributed by atoms with Gasteiger partial charge in [0.15, 0.2) is 5.82 Å². The quantitative estimate of drug-likeness (QED) is 0.690. The van der Waals surface area contributed by atoms with Crippen LogP contribution in [-0.4, -0.2) is 22.3 Å². The summed E-state index contributed by atoms with van der Waals surface area (Å²) in [5.74, 6) is 1.89. The second kappa shape index (κ2) is 7.81. The summed E-state index contributed by atoms with van der Waals surface area (Å²) in [4.78, 5) is 4.43. The van der Waals surface area contributed by atoms with E-state index in [0.29, 0.717) is 23.3 Å². The fourth-order valence-corrected chi connectivity index (χ4v) is 2.50. The molecule has 0 fully saturated rings. The summed E-state index contributed by atoms with van der Waals surface area (Å²) in [5.41, 5.74) is 3.04. The molecule has 0 aliphatic rings. The van der Waals surface area contributed by atoms with Crippen LogP contribution in [0.15, 0.2) is 48.7 Å². The van der Waals surface area contributed by atoms with Crippen molar-refractivity contribution in [2.24, 2.45) is 0 Å². The number of benzene rings is 2. The fourth-order valence-electron chi connectivity index (χ4n) is 2.27. The van der Waals surface area contributed by atoms with Gasteiger partial charge in [0.25, 0.3) is 0 Å². The highest BCUT2D eigenvalue weighted by molar-refractivity contribution is 6.30. The topological polar surface area (TPSA) is 72.0 Å². The molecule has 0 saturated carbocycles. The Morgan fingerprint density at radius 1 is 1.12 bits per heavy atom. The van der Waals surface area contributed by atoms with Crippen molar-refractivity contribution in [2.75, 3.05) is 17.7 Å². The van der Waals surface area contributed by atoms with Crippen LogP contribution in [0, 0.1) is 6.92 Å². The Morgan fingerprint density at radius 2 is 1.92 bits per heavy atom. The minimum absolute atomic E-state index is 0.451. The summed E-state index contributed by atoms with van der Waals surface area (Å²) in [6, 6.07) is 13.4. The largest absolute Gasteiger partial charge is 0.497 e. The molecule has 0 aliphatic carbocycles. The van der Waals surface area contributed by atoms with E-state index in [-0.39, 0.29) is 0 Å². The molecule has 2 aromatic carbocycles. The average Bonchev–Trinajstić information content (AvgIpc) is 2.63. The number of anilines is 3. The van der Waals surface area contributed by atoms with Gasteiger partial charge in [0.2, 0.25) is 5.95 Å². The van der Waals surface area contributed by atoms with E-state index in [1.54, 1.807) is 13.3 Å². The van der Waals surface area contributed by atoms with E-state index >= 15 is 0 Å². The number of rotatable bonds is 6. The number of hydrogen-bond donors (Lipinski definition) is 2. The molecule has 1 aromatic heterocycles. The minimum Gasteiger partial charge on any atom is -0.497 e. The van der Waals surface area contributed by atoms with Crippen molar-refractivity contribution in [3.8, 4) is 5.75 Å². The molecule has 25 heavy (non-hydrogen) atoms. The molecular weight excluding hydrogens is 338 g/mol. The van der Waals surface area contributed by atoms with Crippen LogP contribution in [0.2, 0.25) is 5.02 Å². The molecule has 3 aromatic rings. The lowest BCUT2D eigenvalue weighted by Gasteiger charge is -2.10. The van der Waals surface area contributed by atoms with Gasteiger partial charge in [0.1, 0.15) is 5.75 Å². The Labute approximate surface area is 151 Å². The van der Waals surface area contributed by atoms with Crippen molar-refractivity contribution >= 4 is 29.1 Å². The Hall–Kier alpha value is -2.86. The van der Waals surface area contributed by atoms with Gasteiger partial charge in [-0.25, -0.2) is 0 Å². The van der Waals surface area contributed by atoms with Crippen molar-refractivity contribution in [3.05, 3.63) is 64.8 Å². The number of methoxy groups -OCH3 is 1. The van der Waals surface area contributed by atoms with Crippen LogP contribution in [0.25, 0.3) is 0 Å². The maximum absolute atomic E-state index is 5.98. The Bertz CT molecular complexity index is 854. The third-order valence-corrected chi connectivity index (χ3v) is 3.85. The maximum Gasteiger partial charge on any atom is 0.244 e. The molecule has 0 amide bonds. The molecule has 2 N–H and O–H groups in total. The van der Waals surface area contributed by atoms with E-state index in [0.717, 1.165) is 22.6 Å². The van der Waals surface area contributed by atoms with Crippen molar-refractivity contribution in [3.63, 3.8) is 0 Å². The van der Waals surface area contributed by atoms with E-state index in [1.165, 1.54) is 0 Å². The molecule has 0 aliphatic heterocycles. The third kappa shape index (κ3) is 4.58. The van der Waals surface area contributed by atoms with Crippen LogP contribution < -0.4 is 15.4 Å². The van der Waals surface area contributed by atoms with Crippen molar-refractivity contribution < 1.29 is 4.74 Å². The summed E-state index contributed by atoms with van der Waals surface area (Å²) < 4.78 is 5.15. The van der Waals surface area contributed by atoms with Gasteiger partial charge in [-0.05, 0) is 48.4 Å². The summed E-state index contributed by atoms with van der Waals surface area (Å²) in [5, 5.41) is 15.1. The molecule has 6 nitrogen and oxygen atoms in total. The van der Waals surface area contributed by atoms with E-state index in [1.807, 2.05) is 49.4 Å². The molecule has 0 radical (unpaired) electrons. The van der Waals surface area contributed by atoms with E-state index in [4.69, 9.17) is 16.3 Å². The molecule has 128 valence electrons. The normalized spacial score (nSPS) is 10.4. The second-order valence-corrected chi connectivity index (χ2v) is 5.89. The number of aromatic nitrogens is 3. The summed E-state index contributed by atoms with van der Waals surface area (Å²) in [6.07, 6.45) is 1.58. The molecule has 0 atom stereocenters. The highest BCUT2D eigenvalue weighted by Crippen LogP contribution is 2.22. The van der Waals surface area contributed by atoms with Gasteiger partial charge in [-0.2, -0.15) is 10.1 Å². The number of aryl methyl sites for hydroxylation is 1. The van der Waals surface area contributed by atoms with E-state index in [9.17, 15) is 0 Å². The van der Waals surface area contributed by atoms with Crippen LogP contribution in [0.3, 0.4) is 0 Å².